The number of carboxylic acids is 1. The number of carbonyl (C=O) groups excluding carboxylic acids is 1. The molecule has 1 atom stereocenters. The normalized spacial score (nSPS) is 18.8. The smallest absolute Gasteiger partial charge is 0.325 e. The van der Waals surface area contributed by atoms with E-state index in [9.17, 15) is 9.59 Å². The summed E-state index contributed by atoms with van der Waals surface area (Å²) in [6, 6.07) is -1.10. The SMILES string of the molecule is C[C@H](NC(=O)N1CCSCC1)C(=O)O. The van der Waals surface area contributed by atoms with Crippen LogP contribution in [0.3, 0.4) is 0 Å². The van der Waals surface area contributed by atoms with Gasteiger partial charge < -0.3 is 15.3 Å². The fraction of sp³-hybridized carbons (Fsp3) is 0.750. The lowest BCUT2D eigenvalue weighted by Crippen LogP contribution is -2.49. The number of amides is 2. The average Bonchev–Trinajstić information content (AvgIpc) is 2.19. The maximum Gasteiger partial charge on any atom is 0.325 e. The van der Waals surface area contributed by atoms with Crippen molar-refractivity contribution in [3.63, 3.8) is 0 Å². The Balaban J connectivity index is 2.36. The third kappa shape index (κ3) is 3.10. The van der Waals surface area contributed by atoms with Gasteiger partial charge in [0.2, 0.25) is 0 Å². The minimum atomic E-state index is -1.01. The van der Waals surface area contributed by atoms with Crippen LogP contribution in [0.2, 0.25) is 0 Å². The van der Waals surface area contributed by atoms with E-state index < -0.39 is 12.0 Å². The van der Waals surface area contributed by atoms with E-state index in [1.165, 1.54) is 6.92 Å². The van der Waals surface area contributed by atoms with Crippen LogP contribution < -0.4 is 5.32 Å². The van der Waals surface area contributed by atoms with Crippen LogP contribution in [-0.2, 0) is 4.79 Å². The number of urea groups is 1. The molecule has 0 aliphatic carbocycles. The number of nitrogens with zero attached hydrogens (tertiary/aromatic N) is 1. The molecule has 14 heavy (non-hydrogen) atoms. The Morgan fingerprint density at radius 3 is 2.50 bits per heavy atom. The minimum Gasteiger partial charge on any atom is -0.480 e. The zero-order chi connectivity index (χ0) is 10.6. The van der Waals surface area contributed by atoms with Crippen molar-refractivity contribution in [2.24, 2.45) is 0 Å². The Bertz CT molecular complexity index is 229. The van der Waals surface area contributed by atoms with Crippen LogP contribution in [0.4, 0.5) is 4.79 Å². The predicted molar refractivity (Wildman–Crippen MR) is 54.5 cm³/mol. The molecule has 0 saturated carbocycles. The predicted octanol–water partition coefficient (Wildman–Crippen LogP) is 0.218. The maximum atomic E-state index is 11.5. The van der Waals surface area contributed by atoms with Gasteiger partial charge in [0.1, 0.15) is 6.04 Å². The first-order chi connectivity index (χ1) is 6.61. The van der Waals surface area contributed by atoms with E-state index in [1.54, 1.807) is 16.7 Å². The third-order valence-electron chi connectivity index (χ3n) is 2.01. The number of hydrogen-bond acceptors (Lipinski definition) is 3. The van der Waals surface area contributed by atoms with Crippen molar-refractivity contribution in [2.45, 2.75) is 13.0 Å². The van der Waals surface area contributed by atoms with E-state index in [-0.39, 0.29) is 6.03 Å². The third-order valence-corrected chi connectivity index (χ3v) is 2.95. The summed E-state index contributed by atoms with van der Waals surface area (Å²) < 4.78 is 0. The van der Waals surface area contributed by atoms with Gasteiger partial charge in [-0.1, -0.05) is 0 Å². The van der Waals surface area contributed by atoms with Crippen LogP contribution in [0, 0.1) is 0 Å². The maximum absolute atomic E-state index is 11.5. The lowest BCUT2D eigenvalue weighted by molar-refractivity contribution is -0.138. The number of carbonyl (C=O) groups is 2. The van der Waals surface area contributed by atoms with E-state index in [1.807, 2.05) is 0 Å². The fourth-order valence-corrected chi connectivity index (χ4v) is 2.01. The summed E-state index contributed by atoms with van der Waals surface area (Å²) in [4.78, 5) is 23.6. The average molecular weight is 218 g/mol. The highest BCUT2D eigenvalue weighted by atomic mass is 32.2. The molecule has 0 aromatic heterocycles. The van der Waals surface area contributed by atoms with Gasteiger partial charge in [-0.25, -0.2) is 4.79 Å². The van der Waals surface area contributed by atoms with Crippen LogP contribution in [0.25, 0.3) is 0 Å². The molecule has 1 fully saturated rings. The zero-order valence-electron chi connectivity index (χ0n) is 8.02. The van der Waals surface area contributed by atoms with Crippen molar-refractivity contribution < 1.29 is 14.7 Å². The van der Waals surface area contributed by atoms with Crippen molar-refractivity contribution in [2.75, 3.05) is 24.6 Å². The summed E-state index contributed by atoms with van der Waals surface area (Å²) in [5.74, 6) is 0.841. The quantitative estimate of drug-likeness (QED) is 0.695. The highest BCUT2D eigenvalue weighted by Gasteiger charge is 2.20. The van der Waals surface area contributed by atoms with E-state index >= 15 is 0 Å². The van der Waals surface area contributed by atoms with Crippen molar-refractivity contribution in [1.82, 2.24) is 10.2 Å². The zero-order valence-corrected chi connectivity index (χ0v) is 8.84. The number of nitrogens with one attached hydrogen (secondary N) is 1. The number of hydrogen-bond donors (Lipinski definition) is 2. The molecule has 2 amide bonds. The molecule has 0 spiro atoms. The van der Waals surface area contributed by atoms with Gasteiger partial charge in [0.15, 0.2) is 0 Å². The Morgan fingerprint density at radius 1 is 1.43 bits per heavy atom. The molecule has 0 unspecified atom stereocenters. The first-order valence-electron chi connectivity index (χ1n) is 4.47. The molecule has 1 rings (SSSR count). The first kappa shape index (κ1) is 11.2. The minimum absolute atomic E-state index is 0.278. The number of aliphatic carboxylic acids is 1. The molecule has 0 radical (unpaired) electrons. The summed E-state index contributed by atoms with van der Waals surface area (Å²) in [6.07, 6.45) is 0. The molecule has 1 aliphatic heterocycles. The van der Waals surface area contributed by atoms with Gasteiger partial charge in [0.05, 0.1) is 0 Å². The Morgan fingerprint density at radius 2 is 2.00 bits per heavy atom. The molecule has 80 valence electrons. The summed E-state index contributed by atoms with van der Waals surface area (Å²) in [5.41, 5.74) is 0. The Kier molecular flexibility index (Phi) is 4.06. The van der Waals surface area contributed by atoms with E-state index in [0.717, 1.165) is 11.5 Å². The summed E-state index contributed by atoms with van der Waals surface area (Å²) in [5, 5.41) is 11.0. The molecule has 1 aliphatic rings. The number of rotatable bonds is 2. The molecule has 6 heteroatoms. The second-order valence-electron chi connectivity index (χ2n) is 3.11. The molecular formula is C8H14N2O3S. The van der Waals surface area contributed by atoms with Gasteiger partial charge in [0.25, 0.3) is 0 Å². The molecule has 1 heterocycles. The lowest BCUT2D eigenvalue weighted by Gasteiger charge is -2.27. The monoisotopic (exact) mass is 218 g/mol. The lowest BCUT2D eigenvalue weighted by atomic mass is 10.3. The summed E-state index contributed by atoms with van der Waals surface area (Å²) in [7, 11) is 0. The number of thioether (sulfide) groups is 1. The van der Waals surface area contributed by atoms with Crippen molar-refractivity contribution in [1.29, 1.82) is 0 Å². The largest absolute Gasteiger partial charge is 0.480 e. The van der Waals surface area contributed by atoms with Gasteiger partial charge >= 0.3 is 12.0 Å². The Labute approximate surface area is 86.8 Å². The second kappa shape index (κ2) is 5.09. The van der Waals surface area contributed by atoms with Crippen LogP contribution in [-0.4, -0.2) is 52.6 Å². The molecule has 0 aromatic rings. The van der Waals surface area contributed by atoms with Crippen molar-refractivity contribution in [3.05, 3.63) is 0 Å². The van der Waals surface area contributed by atoms with Gasteiger partial charge in [-0.3, -0.25) is 4.79 Å². The second-order valence-corrected chi connectivity index (χ2v) is 4.33. The summed E-state index contributed by atoms with van der Waals surface area (Å²) in [6.45, 7) is 2.85. The van der Waals surface area contributed by atoms with Crippen molar-refractivity contribution >= 4 is 23.8 Å². The summed E-state index contributed by atoms with van der Waals surface area (Å²) >= 11 is 1.80. The van der Waals surface area contributed by atoms with Gasteiger partial charge in [0, 0.05) is 24.6 Å². The Hall–Kier alpha value is -0.910. The van der Waals surface area contributed by atoms with Gasteiger partial charge in [-0.15, -0.1) is 0 Å². The van der Waals surface area contributed by atoms with Crippen molar-refractivity contribution in [3.8, 4) is 0 Å². The van der Waals surface area contributed by atoms with E-state index in [0.29, 0.717) is 13.1 Å². The van der Waals surface area contributed by atoms with Crippen LogP contribution in [0.1, 0.15) is 6.92 Å². The molecule has 5 nitrogen and oxygen atoms in total. The molecular weight excluding hydrogens is 204 g/mol. The highest BCUT2D eigenvalue weighted by Crippen LogP contribution is 2.08. The van der Waals surface area contributed by atoms with Gasteiger partial charge in [-0.05, 0) is 6.92 Å². The van der Waals surface area contributed by atoms with Crippen LogP contribution in [0.15, 0.2) is 0 Å². The molecule has 2 N–H and O–H groups in total. The first-order valence-corrected chi connectivity index (χ1v) is 5.62. The molecule has 0 bridgehead atoms. The highest BCUT2D eigenvalue weighted by molar-refractivity contribution is 7.99. The van der Waals surface area contributed by atoms with E-state index in [2.05, 4.69) is 5.32 Å². The molecule has 1 saturated heterocycles. The van der Waals surface area contributed by atoms with E-state index in [4.69, 9.17) is 5.11 Å². The fourth-order valence-electron chi connectivity index (χ4n) is 1.10. The van der Waals surface area contributed by atoms with Gasteiger partial charge in [-0.2, -0.15) is 11.8 Å². The number of carboxylic acid groups (broad SMARTS) is 1. The standard InChI is InChI=1S/C8H14N2O3S/c1-6(7(11)12)9-8(13)10-2-4-14-5-3-10/h6H,2-5H2,1H3,(H,9,13)(H,11,12)/t6-/m0/s1. The van der Waals surface area contributed by atoms with Crippen LogP contribution in [0.5, 0.6) is 0 Å². The molecule has 0 aromatic carbocycles. The van der Waals surface area contributed by atoms with Crippen LogP contribution >= 0.6 is 11.8 Å². The topological polar surface area (TPSA) is 69.6 Å².